The second kappa shape index (κ2) is 59.8. The van der Waals surface area contributed by atoms with Crippen molar-refractivity contribution in [3.63, 3.8) is 0 Å². The second-order valence-corrected chi connectivity index (χ2v) is 50.4. The molecule has 0 fully saturated rings. The first-order chi connectivity index (χ1) is 29.9. The Kier molecular flexibility index (Phi) is 81.8. The van der Waals surface area contributed by atoms with Gasteiger partial charge in [-0.2, -0.15) is 0 Å². The summed E-state index contributed by atoms with van der Waals surface area (Å²) in [6.07, 6.45) is 19.3. The first kappa shape index (κ1) is 98.6. The lowest BCUT2D eigenvalue weighted by molar-refractivity contribution is 0.0895. The van der Waals surface area contributed by atoms with Crippen LogP contribution in [0.1, 0.15) is 183 Å². The van der Waals surface area contributed by atoms with Crippen LogP contribution in [-0.4, -0.2) is 134 Å². The second-order valence-electron chi connectivity index (χ2n) is 21.7. The Morgan fingerprint density at radius 1 is 0.292 bits per heavy atom. The first-order valence-electron chi connectivity index (χ1n) is 26.2. The average Bonchev–Trinajstić information content (AvgIpc) is 3.18. The highest BCUT2D eigenvalue weighted by Crippen LogP contribution is 2.27. The molecule has 0 aliphatic carbocycles. The van der Waals surface area contributed by atoms with Crippen molar-refractivity contribution >= 4 is 59.2 Å². The van der Waals surface area contributed by atoms with Crippen LogP contribution in [0.3, 0.4) is 0 Å². The molecule has 0 heterocycles. The highest BCUT2D eigenvalue weighted by molar-refractivity contribution is 6.85. The normalized spacial score (nSPS) is 11.9. The van der Waals surface area contributed by atoms with Gasteiger partial charge in [0, 0.05) is 33.0 Å². The predicted molar refractivity (Wildman–Crippen MR) is 350 cm³/mol. The fourth-order valence-corrected chi connectivity index (χ4v) is 37.0. The van der Waals surface area contributed by atoms with Crippen LogP contribution in [-0.2, 0) is 30.7 Å². The van der Waals surface area contributed by atoms with E-state index in [0.29, 0.717) is 19.8 Å². The Morgan fingerprint density at radius 2 is 0.542 bits per heavy atom. The lowest BCUT2D eigenvalue weighted by atomic mass is 10.1. The summed E-state index contributed by atoms with van der Waals surface area (Å²) in [6.45, 7) is 41.7. The van der Waals surface area contributed by atoms with Crippen molar-refractivity contribution in [2.75, 3.05) is 59.5 Å². The summed E-state index contributed by atoms with van der Waals surface area (Å²) in [7, 11) is -10.6. The maximum absolute atomic E-state index is 8.68. The van der Waals surface area contributed by atoms with Crippen LogP contribution >= 0.6 is 0 Å². The number of hydrogen-bond acceptors (Lipinski definition) is 10. The van der Waals surface area contributed by atoms with Gasteiger partial charge >= 0.3 is 0 Å². The van der Waals surface area contributed by atoms with Crippen LogP contribution in [0.15, 0.2) is 0 Å². The van der Waals surface area contributed by atoms with Gasteiger partial charge in [-0.25, -0.2) is 0 Å². The highest BCUT2D eigenvalue weighted by atomic mass is 28.4. The van der Waals surface area contributed by atoms with E-state index in [1.807, 2.05) is 0 Å². The summed E-state index contributed by atoms with van der Waals surface area (Å²) < 4.78 is 42.1. The van der Waals surface area contributed by atoms with Crippen LogP contribution in [0.4, 0.5) is 0 Å². The van der Waals surface area contributed by atoms with Crippen molar-refractivity contribution in [3.8, 4) is 0 Å². The van der Waals surface area contributed by atoms with E-state index in [1.165, 1.54) is 101 Å². The quantitative estimate of drug-likeness (QED) is 0.0402. The number of aliphatic hydroxyl groups is 3. The minimum Gasteiger partial charge on any atom is -0.455 e. The lowest BCUT2D eigenvalue weighted by Crippen LogP contribution is -2.44. The molecule has 3 N–H and O–H groups in total. The monoisotopic (exact) mass is 1160 g/mol. The average molecular weight is 1160 g/mol. The number of hydrogen-bond donors (Lipinski definition) is 3. The summed E-state index contributed by atoms with van der Waals surface area (Å²) >= 11 is 0. The van der Waals surface area contributed by atoms with Gasteiger partial charge in [-0.15, -0.1) is 0 Å². The molecule has 0 amide bonds. The molecule has 0 saturated carbocycles. The Labute approximate surface area is 466 Å². The van der Waals surface area contributed by atoms with Gasteiger partial charge in [0.05, 0.1) is 26.4 Å². The fourth-order valence-electron chi connectivity index (χ4n) is 7.96. The third kappa shape index (κ3) is 73.2. The van der Waals surface area contributed by atoms with Crippen molar-refractivity contribution in [3.05, 3.63) is 0 Å². The van der Waals surface area contributed by atoms with Gasteiger partial charge in [0.15, 0.2) is 49.9 Å². The summed E-state index contributed by atoms with van der Waals surface area (Å²) in [5.41, 5.74) is 0. The zero-order chi connectivity index (χ0) is 49.4. The number of unbranched alkanes of at least 4 members (excludes halogenated alkanes) is 9. The zero-order valence-corrected chi connectivity index (χ0v) is 52.9. The molecule has 454 valence electrons. The zero-order valence-electron chi connectivity index (χ0n) is 45.7. The molecule has 0 aliphatic rings. The Hall–Kier alpha value is 1.12. The van der Waals surface area contributed by atoms with E-state index in [9.17, 15) is 0 Å². The van der Waals surface area contributed by atoms with E-state index in [1.54, 1.807) is 0 Å². The molecule has 1 atom stereocenters. The largest absolute Gasteiger partial charge is 0.455 e. The highest BCUT2D eigenvalue weighted by Gasteiger charge is 2.34. The molecule has 0 bridgehead atoms. The molecule has 17 heteroatoms. The Balaban J connectivity index is -0.0000000818. The van der Waals surface area contributed by atoms with Crippen molar-refractivity contribution in [2.45, 2.75) is 304 Å². The molecule has 0 spiro atoms. The summed E-state index contributed by atoms with van der Waals surface area (Å²) in [4.78, 5) is 0. The van der Waals surface area contributed by atoms with Crippen molar-refractivity contribution < 1.29 is 46.0 Å². The van der Waals surface area contributed by atoms with E-state index < -0.39 is 59.2 Å². The van der Waals surface area contributed by atoms with Crippen LogP contribution in [0.2, 0.25) is 121 Å². The molecule has 0 radical (unpaired) electrons. The van der Waals surface area contributed by atoms with E-state index in [0.717, 1.165) is 58.0 Å². The van der Waals surface area contributed by atoms with E-state index in [-0.39, 0.29) is 79.2 Å². The summed E-state index contributed by atoms with van der Waals surface area (Å²) in [6, 6.07) is 7.44. The smallest absolute Gasteiger partial charge is 0.297 e. The van der Waals surface area contributed by atoms with E-state index >= 15 is 0 Å². The number of ether oxygens (including phenoxy) is 3. The summed E-state index contributed by atoms with van der Waals surface area (Å²) in [5, 5.41) is 26.0. The molecule has 72 heavy (non-hydrogen) atoms. The number of rotatable bonds is 42. The van der Waals surface area contributed by atoms with Gasteiger partial charge in [0.25, 0.3) is 9.28 Å². The molecule has 0 aromatic heterocycles. The standard InChI is InChI=1S/C18H42O3Si2.C15H36O3Si2.C14H36O4Si3.8CH4/c1-6-7-17-22(2,3)21-23(4,5)18-13-11-9-8-10-12-15-20-16-14-19;1-6-7-14-19(2,3)18-20(4,5)15-10-13-17-12-9-8-11-16;1-7-8-13-20(3,4)17-19(2)18-21(5,6)14-9-11-16-12-10-15;;;;;;;;/h19H,6-18H2,1-5H3;16H,6-15H2,1-5H3;15,19H,7-14H2,1-6H3;8*1H4. The van der Waals surface area contributed by atoms with Gasteiger partial charge in [-0.1, -0.05) is 151 Å². The van der Waals surface area contributed by atoms with Gasteiger partial charge in [-0.3, -0.25) is 0 Å². The van der Waals surface area contributed by atoms with Crippen LogP contribution in [0.5, 0.6) is 0 Å². The molecule has 10 nitrogen and oxygen atoms in total. The number of aliphatic hydroxyl groups excluding tert-OH is 3. The van der Waals surface area contributed by atoms with Gasteiger partial charge in [-0.05, 0) is 153 Å². The van der Waals surface area contributed by atoms with Crippen molar-refractivity contribution in [1.82, 2.24) is 0 Å². The van der Waals surface area contributed by atoms with Gasteiger partial charge in [0.2, 0.25) is 0 Å². The van der Waals surface area contributed by atoms with E-state index in [4.69, 9.17) is 46.0 Å². The molecule has 1 unspecified atom stereocenters. The predicted octanol–water partition coefficient (Wildman–Crippen LogP) is 18.5. The Bertz CT molecular complexity index is 1010. The molecule has 0 aliphatic heterocycles. The SMILES string of the molecule is C.C.C.C.C.C.C.C.CCCC[Si](C)(C)O[SiH](C)O[Si](C)(C)CCCOCCO.CCCC[Si](C)(C)O[Si](C)(C)CCCCCCCCOCCO.CCCC[Si](C)(C)O[Si](C)(C)CCCOCCCCO. The van der Waals surface area contributed by atoms with E-state index in [2.05, 4.69) is 106 Å². The van der Waals surface area contributed by atoms with Crippen molar-refractivity contribution in [1.29, 1.82) is 0 Å². The van der Waals surface area contributed by atoms with Crippen LogP contribution < -0.4 is 0 Å². The molecular weight excluding hydrogens is 1020 g/mol. The minimum atomic E-state index is -1.64. The topological polar surface area (TPSA) is 125 Å². The molecule has 0 aromatic rings. The molecule has 0 rings (SSSR count). The van der Waals surface area contributed by atoms with Crippen LogP contribution in [0, 0.1) is 0 Å². The molecular formula is C55H146O10Si7. The van der Waals surface area contributed by atoms with Crippen molar-refractivity contribution in [2.24, 2.45) is 0 Å². The first-order valence-corrected chi connectivity index (χ1v) is 47.0. The molecule has 0 aromatic carbocycles. The molecule has 0 saturated heterocycles. The lowest BCUT2D eigenvalue weighted by Gasteiger charge is -2.34. The third-order valence-electron chi connectivity index (χ3n) is 11.1. The maximum Gasteiger partial charge on any atom is 0.297 e. The summed E-state index contributed by atoms with van der Waals surface area (Å²) in [5.74, 6) is 0. The van der Waals surface area contributed by atoms with Gasteiger partial charge in [0.1, 0.15) is 0 Å². The fraction of sp³-hybridized carbons (Fsp3) is 1.00. The van der Waals surface area contributed by atoms with Gasteiger partial charge < -0.3 is 46.0 Å². The van der Waals surface area contributed by atoms with Crippen LogP contribution in [0.25, 0.3) is 0 Å². The minimum absolute atomic E-state index is 0. The third-order valence-corrected chi connectivity index (χ3v) is 37.0. The maximum atomic E-state index is 8.68. The Morgan fingerprint density at radius 3 is 0.875 bits per heavy atom.